The van der Waals surface area contributed by atoms with Crippen LogP contribution < -0.4 is 10.1 Å². The number of ether oxygens (including phenoxy) is 1. The predicted octanol–water partition coefficient (Wildman–Crippen LogP) is 1.76. The first-order valence-corrected chi connectivity index (χ1v) is 4.71. The van der Waals surface area contributed by atoms with Crippen LogP contribution in [0.3, 0.4) is 0 Å². The number of nitrogens with one attached hydrogen (secondary N) is 2. The van der Waals surface area contributed by atoms with E-state index in [9.17, 15) is 0 Å². The van der Waals surface area contributed by atoms with Crippen molar-refractivity contribution in [2.45, 2.75) is 13.0 Å². The lowest BCUT2D eigenvalue weighted by Gasteiger charge is -2.23. The Bertz CT molecular complexity index is 477. The molecule has 0 spiro atoms. The number of nitrogens with zero attached hydrogens (tertiary/aromatic N) is 1. The van der Waals surface area contributed by atoms with Crippen LogP contribution in [0.25, 0.3) is 11.0 Å². The number of hydrogen-bond acceptors (Lipinski definition) is 3. The smallest absolute Gasteiger partial charge is 0.239 e. The van der Waals surface area contributed by atoms with E-state index in [2.05, 4.69) is 21.4 Å². The summed E-state index contributed by atoms with van der Waals surface area (Å²) >= 11 is 0. The number of fused-ring (bicyclic) bond motifs is 2. The summed E-state index contributed by atoms with van der Waals surface area (Å²) in [5.74, 6) is 0.693. The van der Waals surface area contributed by atoms with Crippen molar-refractivity contribution in [2.75, 3.05) is 11.9 Å². The van der Waals surface area contributed by atoms with Crippen molar-refractivity contribution >= 4 is 16.7 Å². The first kappa shape index (κ1) is 7.67. The van der Waals surface area contributed by atoms with Crippen LogP contribution in [0, 0.1) is 0 Å². The summed E-state index contributed by atoms with van der Waals surface area (Å²) < 4.78 is 5.62. The fourth-order valence-electron chi connectivity index (χ4n) is 1.67. The molecule has 0 saturated heterocycles. The second kappa shape index (κ2) is 2.64. The number of hydrogen-bond donors (Lipinski definition) is 2. The van der Waals surface area contributed by atoms with E-state index >= 15 is 0 Å². The molecule has 4 heteroatoms. The minimum Gasteiger partial charge on any atom is -0.471 e. The van der Waals surface area contributed by atoms with Gasteiger partial charge < -0.3 is 15.0 Å². The molecule has 72 valence electrons. The molecule has 1 unspecified atom stereocenters. The fraction of sp³-hybridized carbons (Fsp3) is 0.300. The van der Waals surface area contributed by atoms with Gasteiger partial charge in [0, 0.05) is 11.6 Å². The maximum absolute atomic E-state index is 5.62. The van der Waals surface area contributed by atoms with E-state index in [4.69, 9.17) is 4.74 Å². The topological polar surface area (TPSA) is 49.9 Å². The molecule has 2 aromatic rings. The highest BCUT2D eigenvalue weighted by Crippen LogP contribution is 2.29. The van der Waals surface area contributed by atoms with Crippen LogP contribution in [-0.4, -0.2) is 22.6 Å². The van der Waals surface area contributed by atoms with Crippen LogP contribution >= 0.6 is 0 Å². The highest BCUT2D eigenvalue weighted by Gasteiger charge is 2.17. The van der Waals surface area contributed by atoms with Gasteiger partial charge in [0.25, 0.3) is 0 Å². The molecule has 0 radical (unpaired) electrons. The lowest BCUT2D eigenvalue weighted by atomic mass is 10.2. The van der Waals surface area contributed by atoms with Crippen molar-refractivity contribution in [2.24, 2.45) is 0 Å². The Kier molecular flexibility index (Phi) is 1.45. The Balaban J connectivity index is 2.19. The molecular weight excluding hydrogens is 178 g/mol. The Morgan fingerprint density at radius 2 is 2.50 bits per heavy atom. The van der Waals surface area contributed by atoms with Gasteiger partial charge in [-0.3, -0.25) is 0 Å². The third-order valence-electron chi connectivity index (χ3n) is 2.39. The number of aromatic nitrogens is 2. The van der Waals surface area contributed by atoms with E-state index in [0.29, 0.717) is 5.88 Å². The van der Waals surface area contributed by atoms with Gasteiger partial charge in [-0.05, 0) is 19.1 Å². The standard InChI is InChI=1S/C10H11N3O/c1-6-5-12-8-4-7-2-3-11-9(7)13-10(8)14-6/h2-4,6,12H,5H2,1H3,(H,11,13). The van der Waals surface area contributed by atoms with Crippen LogP contribution in [0.15, 0.2) is 18.3 Å². The van der Waals surface area contributed by atoms with E-state index in [1.807, 2.05) is 19.2 Å². The van der Waals surface area contributed by atoms with Crippen LogP contribution in [0.2, 0.25) is 0 Å². The van der Waals surface area contributed by atoms with Gasteiger partial charge in [-0.25, -0.2) is 0 Å². The van der Waals surface area contributed by atoms with E-state index in [0.717, 1.165) is 23.3 Å². The molecule has 3 rings (SSSR count). The van der Waals surface area contributed by atoms with Crippen LogP contribution in [0.1, 0.15) is 6.92 Å². The van der Waals surface area contributed by atoms with Crippen LogP contribution in [0.4, 0.5) is 5.69 Å². The van der Waals surface area contributed by atoms with Crippen molar-refractivity contribution in [3.05, 3.63) is 18.3 Å². The second-order valence-corrected chi connectivity index (χ2v) is 3.57. The van der Waals surface area contributed by atoms with Gasteiger partial charge in [-0.2, -0.15) is 4.98 Å². The van der Waals surface area contributed by atoms with Crippen LogP contribution in [0.5, 0.6) is 5.88 Å². The third-order valence-corrected chi connectivity index (χ3v) is 2.39. The summed E-state index contributed by atoms with van der Waals surface area (Å²) in [5.41, 5.74) is 1.86. The van der Waals surface area contributed by atoms with Gasteiger partial charge in [0.15, 0.2) is 0 Å². The number of rotatable bonds is 0. The average Bonchev–Trinajstić information content (AvgIpc) is 2.61. The summed E-state index contributed by atoms with van der Waals surface area (Å²) in [5, 5.41) is 4.40. The van der Waals surface area contributed by atoms with Gasteiger partial charge in [0.05, 0.1) is 12.2 Å². The Morgan fingerprint density at radius 3 is 3.43 bits per heavy atom. The highest BCUT2D eigenvalue weighted by atomic mass is 16.5. The van der Waals surface area contributed by atoms with E-state index < -0.39 is 0 Å². The van der Waals surface area contributed by atoms with Gasteiger partial charge in [-0.15, -0.1) is 0 Å². The minimum atomic E-state index is 0.183. The summed E-state index contributed by atoms with van der Waals surface area (Å²) in [6, 6.07) is 4.06. The summed E-state index contributed by atoms with van der Waals surface area (Å²) in [6.45, 7) is 2.86. The second-order valence-electron chi connectivity index (χ2n) is 3.57. The van der Waals surface area contributed by atoms with Crippen molar-refractivity contribution in [3.8, 4) is 5.88 Å². The monoisotopic (exact) mass is 189 g/mol. The fourth-order valence-corrected chi connectivity index (χ4v) is 1.67. The maximum atomic E-state index is 5.62. The molecule has 2 aromatic heterocycles. The lowest BCUT2D eigenvalue weighted by Crippen LogP contribution is -2.28. The summed E-state index contributed by atoms with van der Waals surface area (Å²) in [7, 11) is 0. The maximum Gasteiger partial charge on any atom is 0.239 e. The Morgan fingerprint density at radius 1 is 1.57 bits per heavy atom. The largest absolute Gasteiger partial charge is 0.471 e. The zero-order valence-corrected chi connectivity index (χ0v) is 7.87. The number of H-pyrrole nitrogens is 1. The van der Waals surface area contributed by atoms with E-state index in [1.54, 1.807) is 0 Å². The molecule has 1 aliphatic heterocycles. The molecule has 0 bridgehead atoms. The first-order chi connectivity index (χ1) is 6.83. The third kappa shape index (κ3) is 1.04. The quantitative estimate of drug-likeness (QED) is 0.663. The molecular formula is C10H11N3O. The number of anilines is 1. The molecule has 0 fully saturated rings. The molecule has 4 nitrogen and oxygen atoms in total. The Hall–Kier alpha value is -1.71. The SMILES string of the molecule is CC1CNc2cc3cc[nH]c3nc2O1. The average molecular weight is 189 g/mol. The summed E-state index contributed by atoms with van der Waals surface area (Å²) in [4.78, 5) is 7.45. The zero-order valence-electron chi connectivity index (χ0n) is 7.87. The number of aromatic amines is 1. The Labute approximate surface area is 81.3 Å². The molecule has 1 atom stereocenters. The molecule has 1 aliphatic rings. The molecule has 0 aliphatic carbocycles. The molecule has 2 N–H and O–H groups in total. The molecule has 14 heavy (non-hydrogen) atoms. The predicted molar refractivity (Wildman–Crippen MR) is 54.7 cm³/mol. The van der Waals surface area contributed by atoms with E-state index in [-0.39, 0.29) is 6.10 Å². The van der Waals surface area contributed by atoms with Crippen molar-refractivity contribution in [1.82, 2.24) is 9.97 Å². The lowest BCUT2D eigenvalue weighted by molar-refractivity contribution is 0.217. The van der Waals surface area contributed by atoms with Crippen molar-refractivity contribution in [1.29, 1.82) is 0 Å². The van der Waals surface area contributed by atoms with E-state index in [1.165, 1.54) is 0 Å². The van der Waals surface area contributed by atoms with Gasteiger partial charge in [0.1, 0.15) is 11.8 Å². The van der Waals surface area contributed by atoms with Crippen molar-refractivity contribution in [3.63, 3.8) is 0 Å². The zero-order chi connectivity index (χ0) is 9.54. The molecule has 0 saturated carbocycles. The van der Waals surface area contributed by atoms with Gasteiger partial charge in [0.2, 0.25) is 5.88 Å². The number of pyridine rings is 1. The highest BCUT2D eigenvalue weighted by molar-refractivity contribution is 5.81. The summed E-state index contributed by atoms with van der Waals surface area (Å²) in [6.07, 6.45) is 2.06. The normalized spacial score (nSPS) is 19.9. The first-order valence-electron chi connectivity index (χ1n) is 4.71. The van der Waals surface area contributed by atoms with Gasteiger partial charge in [-0.1, -0.05) is 0 Å². The van der Waals surface area contributed by atoms with Gasteiger partial charge >= 0.3 is 0 Å². The molecule has 0 aromatic carbocycles. The van der Waals surface area contributed by atoms with Crippen LogP contribution in [-0.2, 0) is 0 Å². The minimum absolute atomic E-state index is 0.183. The molecule has 0 amide bonds. The molecule has 3 heterocycles. The van der Waals surface area contributed by atoms with Crippen molar-refractivity contribution < 1.29 is 4.74 Å².